The van der Waals surface area contributed by atoms with Gasteiger partial charge in [0.1, 0.15) is 5.25 Å². The van der Waals surface area contributed by atoms with Crippen molar-refractivity contribution in [3.8, 4) is 0 Å². The fraction of sp³-hybridized carbons (Fsp3) is 0.600. The van der Waals surface area contributed by atoms with Gasteiger partial charge in [-0.25, -0.2) is 13.4 Å². The highest BCUT2D eigenvalue weighted by Crippen LogP contribution is 2.16. The van der Waals surface area contributed by atoms with Gasteiger partial charge >= 0.3 is 0 Å². The number of hydrogen-bond acceptors (Lipinski definition) is 5. The molecular weight excluding hydrogens is 260 g/mol. The van der Waals surface area contributed by atoms with Crippen LogP contribution in [0.2, 0.25) is 0 Å². The van der Waals surface area contributed by atoms with E-state index in [-0.39, 0.29) is 0 Å². The Labute approximate surface area is 105 Å². The minimum absolute atomic E-state index is 0.429. The minimum Gasteiger partial charge on any atom is -0.301 e. The summed E-state index contributed by atoms with van der Waals surface area (Å²) in [5.74, 6) is -0.534. The second-order valence-corrected chi connectivity index (χ2v) is 7.75. The number of anilines is 1. The Hall–Kier alpha value is -0.950. The first-order valence-electron chi connectivity index (χ1n) is 5.21. The zero-order chi connectivity index (χ0) is 13.2. The number of nitrogens with one attached hydrogen (secondary N) is 1. The van der Waals surface area contributed by atoms with E-state index in [9.17, 15) is 13.2 Å². The number of amides is 1. The number of hydrogen-bond donors (Lipinski definition) is 1. The standard InChI is InChI=1S/C10H16N2O3S2/c1-6(2)17(14,15)8(4)9(13)12-10-11-7(3)5-16-10/h5-6,8H,1-4H3,(H,11,12,13). The Bertz CT molecular complexity index is 505. The highest BCUT2D eigenvalue weighted by Gasteiger charge is 2.31. The Morgan fingerprint density at radius 1 is 1.41 bits per heavy atom. The summed E-state index contributed by atoms with van der Waals surface area (Å²) < 4.78 is 23.6. The molecule has 96 valence electrons. The molecule has 5 nitrogen and oxygen atoms in total. The van der Waals surface area contributed by atoms with E-state index in [0.29, 0.717) is 5.13 Å². The van der Waals surface area contributed by atoms with E-state index in [1.165, 1.54) is 18.3 Å². The quantitative estimate of drug-likeness (QED) is 0.906. The molecule has 1 rings (SSSR count). The van der Waals surface area contributed by atoms with Crippen LogP contribution in [0.15, 0.2) is 5.38 Å². The molecule has 0 saturated heterocycles. The number of sulfone groups is 1. The van der Waals surface area contributed by atoms with Crippen molar-refractivity contribution < 1.29 is 13.2 Å². The number of carbonyl (C=O) groups excluding carboxylic acids is 1. The average Bonchev–Trinajstić information content (AvgIpc) is 2.62. The van der Waals surface area contributed by atoms with Gasteiger partial charge in [-0.15, -0.1) is 11.3 Å². The summed E-state index contributed by atoms with van der Waals surface area (Å²) in [5.41, 5.74) is 0.796. The van der Waals surface area contributed by atoms with Crippen molar-refractivity contribution in [1.82, 2.24) is 4.98 Å². The van der Waals surface area contributed by atoms with Crippen molar-refractivity contribution in [3.05, 3.63) is 11.1 Å². The van der Waals surface area contributed by atoms with E-state index in [4.69, 9.17) is 0 Å². The van der Waals surface area contributed by atoms with E-state index < -0.39 is 26.2 Å². The van der Waals surface area contributed by atoms with Crippen molar-refractivity contribution >= 4 is 32.2 Å². The Morgan fingerprint density at radius 3 is 2.41 bits per heavy atom. The molecule has 0 bridgehead atoms. The molecule has 0 aliphatic carbocycles. The number of thiazole rings is 1. The molecule has 0 radical (unpaired) electrons. The number of aromatic nitrogens is 1. The maximum absolute atomic E-state index is 11.8. The van der Waals surface area contributed by atoms with Gasteiger partial charge in [0.15, 0.2) is 15.0 Å². The normalized spacial score (nSPS) is 13.7. The molecule has 0 aromatic carbocycles. The Balaban J connectivity index is 2.78. The van der Waals surface area contributed by atoms with Gasteiger partial charge in [0, 0.05) is 5.38 Å². The third-order valence-electron chi connectivity index (χ3n) is 2.37. The predicted octanol–water partition coefficient (Wildman–Crippen LogP) is 1.60. The highest BCUT2D eigenvalue weighted by atomic mass is 32.2. The van der Waals surface area contributed by atoms with Crippen LogP contribution in [-0.4, -0.2) is 29.8 Å². The topological polar surface area (TPSA) is 76.1 Å². The minimum atomic E-state index is -3.42. The molecule has 0 spiro atoms. The molecule has 1 amide bonds. The van der Waals surface area contributed by atoms with Crippen LogP contribution in [0, 0.1) is 6.92 Å². The molecule has 1 atom stereocenters. The van der Waals surface area contributed by atoms with Crippen LogP contribution in [0.25, 0.3) is 0 Å². The Morgan fingerprint density at radius 2 is 2.00 bits per heavy atom. The van der Waals surface area contributed by atoms with E-state index in [0.717, 1.165) is 5.69 Å². The molecule has 0 aliphatic heterocycles. The number of aryl methyl sites for hydroxylation is 1. The lowest BCUT2D eigenvalue weighted by Crippen LogP contribution is -2.36. The summed E-state index contributed by atoms with van der Waals surface area (Å²) in [6.07, 6.45) is 0. The molecular formula is C10H16N2O3S2. The molecule has 1 aromatic rings. The summed E-state index contributed by atoms with van der Waals surface area (Å²) in [4.78, 5) is 15.8. The van der Waals surface area contributed by atoms with E-state index in [1.54, 1.807) is 26.2 Å². The Kier molecular flexibility index (Phi) is 4.26. The van der Waals surface area contributed by atoms with Gasteiger partial charge in [0.05, 0.1) is 10.9 Å². The number of carbonyl (C=O) groups is 1. The second kappa shape index (κ2) is 5.14. The summed E-state index contributed by atoms with van der Waals surface area (Å²) in [7, 11) is -3.42. The van der Waals surface area contributed by atoms with Gasteiger partial charge in [-0.1, -0.05) is 0 Å². The van der Waals surface area contributed by atoms with Crippen LogP contribution in [0.5, 0.6) is 0 Å². The third kappa shape index (κ3) is 3.26. The smallest absolute Gasteiger partial charge is 0.244 e. The zero-order valence-electron chi connectivity index (χ0n) is 10.2. The first-order chi connectivity index (χ1) is 7.75. The summed E-state index contributed by atoms with van der Waals surface area (Å²) >= 11 is 1.28. The number of rotatable bonds is 4. The maximum atomic E-state index is 11.8. The van der Waals surface area contributed by atoms with Gasteiger partial charge in [0.2, 0.25) is 5.91 Å². The van der Waals surface area contributed by atoms with Crippen LogP contribution < -0.4 is 5.32 Å². The maximum Gasteiger partial charge on any atom is 0.244 e. The second-order valence-electron chi connectivity index (χ2n) is 4.06. The van der Waals surface area contributed by atoms with E-state index in [2.05, 4.69) is 10.3 Å². The molecule has 1 heterocycles. The SMILES string of the molecule is Cc1csc(NC(=O)C(C)S(=O)(=O)C(C)C)n1. The van der Waals surface area contributed by atoms with Crippen molar-refractivity contribution in [3.63, 3.8) is 0 Å². The van der Waals surface area contributed by atoms with Gasteiger partial charge in [0.25, 0.3) is 0 Å². The van der Waals surface area contributed by atoms with Crippen molar-refractivity contribution in [2.24, 2.45) is 0 Å². The molecule has 7 heteroatoms. The van der Waals surface area contributed by atoms with Gasteiger partial charge in [-0.2, -0.15) is 0 Å². The summed E-state index contributed by atoms with van der Waals surface area (Å²) in [5, 5.41) is 3.10. The van der Waals surface area contributed by atoms with Crippen molar-refractivity contribution in [2.45, 2.75) is 38.2 Å². The van der Waals surface area contributed by atoms with Gasteiger partial charge < -0.3 is 5.32 Å². The lowest BCUT2D eigenvalue weighted by molar-refractivity contribution is -0.115. The monoisotopic (exact) mass is 276 g/mol. The lowest BCUT2D eigenvalue weighted by Gasteiger charge is -2.14. The summed E-state index contributed by atoms with van der Waals surface area (Å²) in [6, 6.07) is 0. The molecule has 1 unspecified atom stereocenters. The highest BCUT2D eigenvalue weighted by molar-refractivity contribution is 7.93. The van der Waals surface area contributed by atoms with Crippen LogP contribution in [0.1, 0.15) is 26.5 Å². The largest absolute Gasteiger partial charge is 0.301 e. The van der Waals surface area contributed by atoms with Crippen molar-refractivity contribution in [1.29, 1.82) is 0 Å². The van der Waals surface area contributed by atoms with Gasteiger partial charge in [-0.05, 0) is 27.7 Å². The fourth-order valence-corrected chi connectivity index (χ4v) is 3.04. The molecule has 0 saturated carbocycles. The lowest BCUT2D eigenvalue weighted by atomic mass is 10.4. The first kappa shape index (κ1) is 14.1. The van der Waals surface area contributed by atoms with E-state index >= 15 is 0 Å². The molecule has 0 fully saturated rings. The molecule has 1 N–H and O–H groups in total. The summed E-state index contributed by atoms with van der Waals surface area (Å²) in [6.45, 7) is 6.32. The average molecular weight is 276 g/mol. The fourth-order valence-electron chi connectivity index (χ4n) is 1.18. The van der Waals surface area contributed by atoms with Crippen LogP contribution >= 0.6 is 11.3 Å². The van der Waals surface area contributed by atoms with Crippen molar-refractivity contribution in [2.75, 3.05) is 5.32 Å². The van der Waals surface area contributed by atoms with E-state index in [1.807, 2.05) is 0 Å². The first-order valence-corrected chi connectivity index (χ1v) is 7.69. The molecule has 1 aromatic heterocycles. The van der Waals surface area contributed by atoms with Crippen LogP contribution in [0.3, 0.4) is 0 Å². The number of nitrogens with zero attached hydrogens (tertiary/aromatic N) is 1. The molecule has 0 aliphatic rings. The van der Waals surface area contributed by atoms with Crippen LogP contribution in [-0.2, 0) is 14.6 Å². The predicted molar refractivity (Wildman–Crippen MR) is 69.0 cm³/mol. The zero-order valence-corrected chi connectivity index (χ0v) is 11.9. The molecule has 17 heavy (non-hydrogen) atoms. The third-order valence-corrected chi connectivity index (χ3v) is 5.76. The van der Waals surface area contributed by atoms with Gasteiger partial charge in [-0.3, -0.25) is 4.79 Å². The van der Waals surface area contributed by atoms with Crippen LogP contribution in [0.4, 0.5) is 5.13 Å².